The molecule has 0 aliphatic carbocycles. The number of amides is 3. The predicted octanol–water partition coefficient (Wildman–Crippen LogP) is 4.12. The Morgan fingerprint density at radius 1 is 1.10 bits per heavy atom. The normalized spacial score (nSPS) is 16.6. The van der Waals surface area contributed by atoms with Crippen LogP contribution < -0.4 is 5.43 Å². The Bertz CT molecular complexity index is 806. The van der Waals surface area contributed by atoms with Crippen LogP contribution in [-0.4, -0.2) is 53.5 Å². The van der Waals surface area contributed by atoms with Gasteiger partial charge in [0.2, 0.25) is 0 Å². The smallest absolute Gasteiger partial charge is 0.433 e. The van der Waals surface area contributed by atoms with Gasteiger partial charge in [-0.25, -0.2) is 19.8 Å². The SMILES string of the molecule is CCCN1C(=O)O/C(=C(/c2ccccc2)N(NC(=O)OCC)C(=O)OCC)C1(C)C. The molecule has 0 unspecified atom stereocenters. The van der Waals surface area contributed by atoms with Crippen molar-refractivity contribution in [3.8, 4) is 0 Å². The molecule has 1 aliphatic rings. The van der Waals surface area contributed by atoms with E-state index in [1.807, 2.05) is 26.8 Å². The number of nitrogens with one attached hydrogen (secondary N) is 1. The van der Waals surface area contributed by atoms with Crippen molar-refractivity contribution >= 4 is 24.0 Å². The van der Waals surface area contributed by atoms with E-state index in [1.165, 1.54) is 0 Å². The minimum atomic E-state index is -0.876. The summed E-state index contributed by atoms with van der Waals surface area (Å²) >= 11 is 0. The maximum atomic E-state index is 12.8. The van der Waals surface area contributed by atoms with Crippen LogP contribution in [0.5, 0.6) is 0 Å². The molecule has 0 atom stereocenters. The zero-order valence-electron chi connectivity index (χ0n) is 18.1. The van der Waals surface area contributed by atoms with Gasteiger partial charge in [0.15, 0.2) is 5.76 Å². The molecule has 0 aromatic heterocycles. The zero-order valence-corrected chi connectivity index (χ0v) is 18.1. The number of benzene rings is 1. The third-order valence-electron chi connectivity index (χ3n) is 4.50. The molecule has 1 aliphatic heterocycles. The lowest BCUT2D eigenvalue weighted by molar-refractivity contribution is 0.0944. The van der Waals surface area contributed by atoms with E-state index in [1.54, 1.807) is 43.0 Å². The van der Waals surface area contributed by atoms with E-state index in [0.717, 1.165) is 11.4 Å². The second kappa shape index (κ2) is 10.00. The Kier molecular flexibility index (Phi) is 7.68. The fraction of sp³-hybridized carbons (Fsp3) is 0.476. The number of rotatable bonds is 6. The van der Waals surface area contributed by atoms with E-state index in [2.05, 4.69) is 5.43 Å². The van der Waals surface area contributed by atoms with Crippen molar-refractivity contribution in [2.75, 3.05) is 19.8 Å². The molecule has 0 saturated carbocycles. The largest absolute Gasteiger partial charge is 0.449 e. The summed E-state index contributed by atoms with van der Waals surface area (Å²) in [5, 5.41) is 0.927. The number of carbonyl (C=O) groups excluding carboxylic acids is 3. The lowest BCUT2D eigenvalue weighted by atomic mass is 9.96. The summed E-state index contributed by atoms with van der Waals surface area (Å²) in [6.07, 6.45) is -1.47. The first-order valence-electron chi connectivity index (χ1n) is 9.97. The van der Waals surface area contributed by atoms with E-state index in [-0.39, 0.29) is 24.7 Å². The van der Waals surface area contributed by atoms with Crippen molar-refractivity contribution < 1.29 is 28.6 Å². The first-order chi connectivity index (χ1) is 14.3. The van der Waals surface area contributed by atoms with Crippen molar-refractivity contribution in [2.24, 2.45) is 0 Å². The fourth-order valence-electron chi connectivity index (χ4n) is 3.14. The number of nitrogens with zero attached hydrogens (tertiary/aromatic N) is 2. The van der Waals surface area contributed by atoms with Gasteiger partial charge >= 0.3 is 18.3 Å². The molecule has 0 radical (unpaired) electrons. The van der Waals surface area contributed by atoms with Crippen LogP contribution in [0.1, 0.15) is 46.6 Å². The number of ether oxygens (including phenoxy) is 3. The highest BCUT2D eigenvalue weighted by Crippen LogP contribution is 2.39. The lowest BCUT2D eigenvalue weighted by Crippen LogP contribution is -2.48. The molecule has 1 fully saturated rings. The number of hydrogen-bond acceptors (Lipinski definition) is 6. The molecule has 1 heterocycles. The summed E-state index contributed by atoms with van der Waals surface area (Å²) in [4.78, 5) is 39.2. The van der Waals surface area contributed by atoms with E-state index >= 15 is 0 Å². The van der Waals surface area contributed by atoms with Crippen molar-refractivity contribution in [1.29, 1.82) is 0 Å². The standard InChI is InChI=1S/C21H29N3O6/c1-6-14-23-19(26)30-17(21(23,4)5)16(15-12-10-9-11-13-15)24(20(27)29-8-3)22-18(25)28-7-2/h9-13H,6-8,14H2,1-5H3,(H,22,25)/b17-16-. The van der Waals surface area contributed by atoms with Gasteiger partial charge in [-0.05, 0) is 34.1 Å². The van der Waals surface area contributed by atoms with Gasteiger partial charge in [0, 0.05) is 12.1 Å². The lowest BCUT2D eigenvalue weighted by Gasteiger charge is -2.32. The van der Waals surface area contributed by atoms with E-state index in [9.17, 15) is 14.4 Å². The van der Waals surface area contributed by atoms with Crippen LogP contribution in [0, 0.1) is 0 Å². The minimum absolute atomic E-state index is 0.0857. The number of hydrogen-bond donors (Lipinski definition) is 1. The Morgan fingerprint density at radius 2 is 1.73 bits per heavy atom. The van der Waals surface area contributed by atoms with Gasteiger partial charge in [-0.15, -0.1) is 0 Å². The molecule has 30 heavy (non-hydrogen) atoms. The summed E-state index contributed by atoms with van der Waals surface area (Å²) in [5.41, 5.74) is 2.28. The summed E-state index contributed by atoms with van der Waals surface area (Å²) in [5.74, 6) is 0.219. The molecular weight excluding hydrogens is 390 g/mol. The molecule has 2 rings (SSSR count). The molecule has 1 aromatic rings. The van der Waals surface area contributed by atoms with E-state index in [0.29, 0.717) is 12.1 Å². The highest BCUT2D eigenvalue weighted by Gasteiger charge is 2.48. The Morgan fingerprint density at radius 3 is 2.30 bits per heavy atom. The Hall–Kier alpha value is -3.23. The molecule has 1 N–H and O–H groups in total. The second-order valence-electron chi connectivity index (χ2n) is 6.99. The summed E-state index contributed by atoms with van der Waals surface area (Å²) in [7, 11) is 0. The van der Waals surface area contributed by atoms with Crippen LogP contribution in [0.4, 0.5) is 14.4 Å². The number of hydrazine groups is 1. The van der Waals surface area contributed by atoms with Gasteiger partial charge in [0.25, 0.3) is 0 Å². The Labute approximate surface area is 176 Å². The maximum Gasteiger partial charge on any atom is 0.433 e. The van der Waals surface area contributed by atoms with Crippen LogP contribution in [0.2, 0.25) is 0 Å². The van der Waals surface area contributed by atoms with Crippen LogP contribution in [0.15, 0.2) is 36.1 Å². The van der Waals surface area contributed by atoms with Crippen molar-refractivity contribution in [3.05, 3.63) is 41.7 Å². The molecule has 0 spiro atoms. The second-order valence-corrected chi connectivity index (χ2v) is 6.99. The predicted molar refractivity (Wildman–Crippen MR) is 110 cm³/mol. The summed E-state index contributed by atoms with van der Waals surface area (Å²) in [6, 6.07) is 8.85. The highest BCUT2D eigenvalue weighted by atomic mass is 16.6. The zero-order chi connectivity index (χ0) is 22.3. The van der Waals surface area contributed by atoms with Crippen LogP contribution in [-0.2, 0) is 14.2 Å². The van der Waals surface area contributed by atoms with Crippen molar-refractivity contribution in [1.82, 2.24) is 15.3 Å². The first kappa shape index (κ1) is 23.1. The molecule has 9 heteroatoms. The highest BCUT2D eigenvalue weighted by molar-refractivity contribution is 5.88. The Balaban J connectivity index is 2.69. The van der Waals surface area contributed by atoms with Gasteiger partial charge in [-0.1, -0.05) is 37.3 Å². The minimum Gasteiger partial charge on any atom is -0.449 e. The van der Waals surface area contributed by atoms with Crippen LogP contribution >= 0.6 is 0 Å². The third-order valence-corrected chi connectivity index (χ3v) is 4.50. The van der Waals surface area contributed by atoms with Crippen molar-refractivity contribution in [3.63, 3.8) is 0 Å². The van der Waals surface area contributed by atoms with E-state index < -0.39 is 23.8 Å². The van der Waals surface area contributed by atoms with Gasteiger partial charge < -0.3 is 14.2 Å². The average Bonchev–Trinajstić information content (AvgIpc) is 2.92. The van der Waals surface area contributed by atoms with Gasteiger partial charge in [-0.3, -0.25) is 4.90 Å². The monoisotopic (exact) mass is 419 g/mol. The summed E-state index contributed by atoms with van der Waals surface area (Å²) < 4.78 is 15.7. The average molecular weight is 419 g/mol. The van der Waals surface area contributed by atoms with Crippen LogP contribution in [0.3, 0.4) is 0 Å². The topological polar surface area (TPSA) is 97.4 Å². The fourth-order valence-corrected chi connectivity index (χ4v) is 3.14. The van der Waals surface area contributed by atoms with Crippen LogP contribution in [0.25, 0.3) is 5.70 Å². The quantitative estimate of drug-likeness (QED) is 0.550. The molecule has 3 amide bonds. The van der Waals surface area contributed by atoms with Gasteiger partial charge in [0.1, 0.15) is 11.2 Å². The van der Waals surface area contributed by atoms with Crippen molar-refractivity contribution in [2.45, 2.75) is 46.6 Å². The van der Waals surface area contributed by atoms with Gasteiger partial charge in [0.05, 0.1) is 13.2 Å². The van der Waals surface area contributed by atoms with Gasteiger partial charge in [-0.2, -0.15) is 5.01 Å². The van der Waals surface area contributed by atoms with E-state index in [4.69, 9.17) is 14.2 Å². The summed E-state index contributed by atoms with van der Waals surface area (Å²) in [6.45, 7) is 9.57. The maximum absolute atomic E-state index is 12.8. The number of cyclic esters (lactones) is 1. The molecular formula is C21H29N3O6. The molecule has 1 aromatic carbocycles. The molecule has 164 valence electrons. The molecule has 0 bridgehead atoms. The third kappa shape index (κ3) is 4.84. The number of carbonyl (C=O) groups is 3. The first-order valence-corrected chi connectivity index (χ1v) is 9.97. The molecule has 9 nitrogen and oxygen atoms in total. The molecule has 1 saturated heterocycles.